The van der Waals surface area contributed by atoms with Crippen LogP contribution in [-0.4, -0.2) is 84.6 Å². The van der Waals surface area contributed by atoms with E-state index < -0.39 is 30.5 Å². The number of hydrogen-bond donors (Lipinski definition) is 0. The zero-order chi connectivity index (χ0) is 43.1. The molecule has 60 heavy (non-hydrogen) atoms. The molecule has 0 aliphatic heterocycles. The third-order valence-corrected chi connectivity index (χ3v) is 12.1. The van der Waals surface area contributed by atoms with Crippen LogP contribution in [0.2, 0.25) is 0 Å². The molecule has 0 aliphatic carbocycles. The minimum atomic E-state index is -5.07. The largest absolute Gasteiger partial charge is 1.00 e. The van der Waals surface area contributed by atoms with Gasteiger partial charge in [-0.2, -0.15) is 30.6 Å². The summed E-state index contributed by atoms with van der Waals surface area (Å²) in [6.07, 6.45) is 8.91. The van der Waals surface area contributed by atoms with Crippen molar-refractivity contribution >= 4 is 20.2 Å². The molecule has 0 amide bonds. The van der Waals surface area contributed by atoms with Crippen molar-refractivity contribution in [1.29, 1.82) is 0 Å². The third-order valence-electron chi connectivity index (χ3n) is 9.67. The quantitative estimate of drug-likeness (QED) is 0.102. The Bertz CT molecular complexity index is 2140. The number of nitrogens with zero attached hydrogens (tertiary/aromatic N) is 12. The Labute approximate surface area is 397 Å². The molecule has 0 fully saturated rings. The minimum absolute atomic E-state index is 0. The first kappa shape index (κ1) is 51.4. The summed E-state index contributed by atoms with van der Waals surface area (Å²) in [6.45, 7) is 23.3. The number of rotatable bonds is 14. The Morgan fingerprint density at radius 1 is 0.367 bits per heavy atom. The van der Waals surface area contributed by atoms with Crippen LogP contribution in [0, 0.1) is 0 Å². The van der Waals surface area contributed by atoms with Gasteiger partial charge in [-0.25, -0.2) is 44.9 Å². The van der Waals surface area contributed by atoms with Gasteiger partial charge in [0.15, 0.2) is 20.2 Å². The van der Waals surface area contributed by atoms with E-state index in [9.17, 15) is 25.9 Å². The first-order valence-corrected chi connectivity index (χ1v) is 22.0. The predicted molar refractivity (Wildman–Crippen MR) is 215 cm³/mol. The van der Waals surface area contributed by atoms with Crippen LogP contribution in [0.5, 0.6) is 0 Å². The Kier molecular flexibility index (Phi) is 16.8. The topological polar surface area (TPSA) is 221 Å². The second-order valence-corrected chi connectivity index (χ2v) is 19.0. The molecule has 0 unspecified atom stereocenters. The molecular weight excluding hydrogens is 831 g/mol. The molecule has 0 saturated carbocycles. The van der Waals surface area contributed by atoms with Crippen LogP contribution in [0.25, 0.3) is 0 Å². The van der Waals surface area contributed by atoms with Crippen molar-refractivity contribution in [3.8, 4) is 0 Å². The van der Waals surface area contributed by atoms with E-state index in [0.29, 0.717) is 34.2 Å². The maximum absolute atomic E-state index is 12.9. The average molecular weight is 885 g/mol. The van der Waals surface area contributed by atoms with Gasteiger partial charge in [0, 0.05) is 37.2 Å². The normalized spacial score (nSPS) is 12.7. The fraction of sp³-hybridized carbons (Fsp3) is 0.526. The first-order chi connectivity index (χ1) is 27.0. The molecule has 0 aliphatic rings. The summed E-state index contributed by atoms with van der Waals surface area (Å²) in [6, 6.07) is 10.2. The van der Waals surface area contributed by atoms with Crippen molar-refractivity contribution in [3.63, 3.8) is 0 Å². The summed E-state index contributed by atoms with van der Waals surface area (Å²) >= 11 is 0. The molecule has 0 spiro atoms. The predicted octanol–water partition coefficient (Wildman–Crippen LogP) is -0.280. The van der Waals surface area contributed by atoms with Crippen molar-refractivity contribution in [2.75, 3.05) is 0 Å². The summed E-state index contributed by atoms with van der Waals surface area (Å²) in [5.41, 5.74) is 3.95. The van der Waals surface area contributed by atoms with Gasteiger partial charge >= 0.3 is 69.4 Å². The van der Waals surface area contributed by atoms with Crippen molar-refractivity contribution in [2.24, 2.45) is 0 Å². The maximum Gasteiger partial charge on any atom is 1.00 e. The second kappa shape index (κ2) is 19.6. The summed E-state index contributed by atoms with van der Waals surface area (Å²) in [4.78, 5) is 0. The molecular formula is C38H54N12Na2O6S2. The van der Waals surface area contributed by atoms with Gasteiger partial charge in [-0.1, -0.05) is 83.1 Å². The van der Waals surface area contributed by atoms with E-state index in [-0.39, 0.29) is 94.6 Å². The van der Waals surface area contributed by atoms with Gasteiger partial charge < -0.3 is 9.11 Å². The first-order valence-electron chi connectivity index (χ1n) is 19.2. The molecule has 22 heteroatoms. The molecule has 6 aromatic rings. The summed E-state index contributed by atoms with van der Waals surface area (Å²) in [5, 5.41) is 21.9. The van der Waals surface area contributed by atoms with Gasteiger partial charge in [0.2, 0.25) is 0 Å². The van der Waals surface area contributed by atoms with Gasteiger partial charge in [0.1, 0.15) is 0 Å². The van der Waals surface area contributed by atoms with E-state index >= 15 is 0 Å². The molecule has 6 rings (SSSR count). The summed E-state index contributed by atoms with van der Waals surface area (Å²) in [7, 11) is -10.1. The molecule has 6 heterocycles. The van der Waals surface area contributed by atoms with Crippen LogP contribution in [0.3, 0.4) is 0 Å². The van der Waals surface area contributed by atoms with Crippen molar-refractivity contribution in [1.82, 2.24) is 58.7 Å². The summed E-state index contributed by atoms with van der Waals surface area (Å²) in [5.74, 6) is 0.311. The van der Waals surface area contributed by atoms with Crippen molar-refractivity contribution < 1.29 is 85.1 Å². The maximum atomic E-state index is 12.9. The molecule has 0 aromatic carbocycles. The monoisotopic (exact) mass is 884 g/mol. The van der Waals surface area contributed by atoms with Crippen molar-refractivity contribution in [3.05, 3.63) is 108 Å². The smallest absolute Gasteiger partial charge is 0.743 e. The van der Waals surface area contributed by atoms with Crippen LogP contribution in [0.15, 0.2) is 73.6 Å². The minimum Gasteiger partial charge on any atom is -0.743 e. The second-order valence-electron chi connectivity index (χ2n) is 16.1. The zero-order valence-corrected chi connectivity index (χ0v) is 42.7. The molecule has 0 saturated heterocycles. The number of hydrogen-bond acceptors (Lipinski definition) is 12. The van der Waals surface area contributed by atoms with Gasteiger partial charge in [-0.05, 0) is 71.9 Å². The van der Waals surface area contributed by atoms with E-state index in [1.165, 1.54) is 37.2 Å². The van der Waals surface area contributed by atoms with Crippen LogP contribution in [-0.2, 0) is 30.5 Å². The Balaban J connectivity index is 0.000000310. The van der Waals surface area contributed by atoms with E-state index in [2.05, 4.69) is 30.6 Å². The standard InChI is InChI=1S/2C19H28N6O3S.2Na/c2*1-13(2)16-7-10-23(20-16)19(29(26,27)28,24-11-8-17(21-24)14(3)4)25-12-9-18(22-25)15(5)6;;/h2*7-15H,1-6H3,(H,26,27,28);;/q;;2*+1/p-2. The fourth-order valence-corrected chi connectivity index (χ4v) is 8.15. The van der Waals surface area contributed by atoms with Crippen molar-refractivity contribution in [2.45, 2.75) is 129 Å². The van der Waals surface area contributed by atoms with Crippen LogP contribution >= 0.6 is 0 Å². The van der Waals surface area contributed by atoms with E-state index in [1.54, 1.807) is 36.4 Å². The van der Waals surface area contributed by atoms with Crippen LogP contribution < -0.4 is 59.1 Å². The molecule has 0 bridgehead atoms. The average Bonchev–Trinajstić information content (AvgIpc) is 3.96. The zero-order valence-electron chi connectivity index (χ0n) is 37.0. The van der Waals surface area contributed by atoms with Gasteiger partial charge in [0.25, 0.3) is 0 Å². The van der Waals surface area contributed by atoms with E-state index in [0.717, 1.165) is 28.1 Å². The SMILES string of the molecule is CC(C)c1ccn(C(n2ccc(C(C)C)n2)(n2ccc(C(C)C)n2)S(=O)(=O)[O-])n1.CC(C)c1ccn(C(n2ccc(C(C)C)n2)(n2ccc(C(C)C)n2)S(=O)(=O)[O-])n1.[Na+].[Na+]. The molecule has 0 atom stereocenters. The van der Waals surface area contributed by atoms with Crippen LogP contribution in [0.4, 0.5) is 0 Å². The Morgan fingerprint density at radius 2 is 0.500 bits per heavy atom. The number of aromatic nitrogens is 12. The Hall–Kier alpha value is -2.92. The fourth-order valence-electron chi connectivity index (χ4n) is 6.17. The van der Waals surface area contributed by atoms with Crippen LogP contribution in [0.1, 0.15) is 153 Å². The Morgan fingerprint density at radius 3 is 0.583 bits per heavy atom. The van der Waals surface area contributed by atoms with Gasteiger partial charge in [-0.15, -0.1) is 0 Å². The molecule has 6 aromatic heterocycles. The third kappa shape index (κ3) is 9.67. The molecule has 316 valence electrons. The summed E-state index contributed by atoms with van der Waals surface area (Å²) < 4.78 is 84.0. The molecule has 0 N–H and O–H groups in total. The van der Waals surface area contributed by atoms with Gasteiger partial charge in [-0.3, -0.25) is 0 Å². The molecule has 18 nitrogen and oxygen atoms in total. The van der Waals surface area contributed by atoms with Gasteiger partial charge in [0.05, 0.1) is 34.2 Å². The molecule has 0 radical (unpaired) electrons. The van der Waals surface area contributed by atoms with E-state index in [4.69, 9.17) is 0 Å². The van der Waals surface area contributed by atoms with E-state index in [1.807, 2.05) is 83.1 Å².